The molecule has 0 radical (unpaired) electrons. The minimum Gasteiger partial charge on any atom is -0.497 e. The van der Waals surface area contributed by atoms with Gasteiger partial charge in [-0.05, 0) is 24.3 Å². The number of hydrogen-bond acceptors (Lipinski definition) is 6. The standard InChI is InChI=1S/C27H26N4O3/c1-33-21-16-20(17-22(18-21)34-2)27(32)31-14-12-30(13-15-31)26-25(19-8-4-3-5-9-19)28-23-10-6-7-11-24(23)29-26/h3-11,16-18H,12-15H2,1-2H3. The van der Waals surface area contributed by atoms with Crippen LogP contribution in [0, 0.1) is 0 Å². The molecule has 0 spiro atoms. The van der Waals surface area contributed by atoms with Gasteiger partial charge in [-0.25, -0.2) is 9.97 Å². The first kappa shape index (κ1) is 21.7. The van der Waals surface area contributed by atoms with Crippen LogP contribution in [0.15, 0.2) is 72.8 Å². The highest BCUT2D eigenvalue weighted by atomic mass is 16.5. The predicted octanol–water partition coefficient (Wildman–Crippen LogP) is 4.28. The lowest BCUT2D eigenvalue weighted by atomic mass is 10.1. The molecule has 1 aliphatic rings. The van der Waals surface area contributed by atoms with Crippen LogP contribution in [0.4, 0.5) is 5.82 Å². The smallest absolute Gasteiger partial charge is 0.254 e. The van der Waals surface area contributed by atoms with Gasteiger partial charge in [-0.3, -0.25) is 4.79 Å². The van der Waals surface area contributed by atoms with E-state index in [1.165, 1.54) is 0 Å². The molecule has 1 aliphatic heterocycles. The third kappa shape index (κ3) is 4.24. The van der Waals surface area contributed by atoms with Gasteiger partial charge in [0, 0.05) is 43.4 Å². The van der Waals surface area contributed by atoms with E-state index in [4.69, 9.17) is 19.4 Å². The van der Waals surface area contributed by atoms with E-state index >= 15 is 0 Å². The Kier molecular flexibility index (Phi) is 5.99. The van der Waals surface area contributed by atoms with Gasteiger partial charge in [0.1, 0.15) is 17.2 Å². The summed E-state index contributed by atoms with van der Waals surface area (Å²) in [5, 5.41) is 0. The van der Waals surface area contributed by atoms with E-state index < -0.39 is 0 Å². The zero-order valence-electron chi connectivity index (χ0n) is 19.3. The first-order valence-electron chi connectivity index (χ1n) is 11.3. The Bertz CT molecular complexity index is 1300. The molecular weight excluding hydrogens is 428 g/mol. The van der Waals surface area contributed by atoms with Crippen LogP contribution in [0.1, 0.15) is 10.4 Å². The van der Waals surface area contributed by atoms with Crippen LogP contribution in [0.5, 0.6) is 11.5 Å². The number of piperazine rings is 1. The Balaban J connectivity index is 1.41. The Morgan fingerprint density at radius 1 is 0.765 bits per heavy atom. The highest BCUT2D eigenvalue weighted by Gasteiger charge is 2.26. The highest BCUT2D eigenvalue weighted by molar-refractivity contribution is 5.95. The summed E-state index contributed by atoms with van der Waals surface area (Å²) >= 11 is 0. The molecule has 0 bridgehead atoms. The van der Waals surface area contributed by atoms with Crippen LogP contribution in [0.25, 0.3) is 22.3 Å². The van der Waals surface area contributed by atoms with E-state index in [0.717, 1.165) is 28.1 Å². The van der Waals surface area contributed by atoms with E-state index in [9.17, 15) is 4.79 Å². The topological polar surface area (TPSA) is 67.8 Å². The third-order valence-electron chi connectivity index (χ3n) is 6.06. The number of fused-ring (bicyclic) bond motifs is 1. The van der Waals surface area contributed by atoms with Crippen LogP contribution >= 0.6 is 0 Å². The second-order valence-corrected chi connectivity index (χ2v) is 8.13. The van der Waals surface area contributed by atoms with Crippen LogP contribution in [0.3, 0.4) is 0 Å². The van der Waals surface area contributed by atoms with Gasteiger partial charge in [-0.2, -0.15) is 0 Å². The molecule has 1 saturated heterocycles. The SMILES string of the molecule is COc1cc(OC)cc(C(=O)N2CCN(c3nc4ccccc4nc3-c3ccccc3)CC2)c1. The van der Waals surface area contributed by atoms with Crippen molar-refractivity contribution in [3.63, 3.8) is 0 Å². The average Bonchev–Trinajstić information content (AvgIpc) is 2.92. The number of carbonyl (C=O) groups is 1. The van der Waals surface area contributed by atoms with E-state index in [2.05, 4.69) is 17.0 Å². The Morgan fingerprint density at radius 3 is 1.97 bits per heavy atom. The first-order valence-corrected chi connectivity index (χ1v) is 11.3. The largest absolute Gasteiger partial charge is 0.497 e. The third-order valence-corrected chi connectivity index (χ3v) is 6.06. The summed E-state index contributed by atoms with van der Waals surface area (Å²) in [5.41, 5.74) is 4.17. The molecule has 1 fully saturated rings. The van der Waals surface area contributed by atoms with E-state index in [1.807, 2.05) is 47.4 Å². The number of rotatable bonds is 5. The molecule has 0 unspecified atom stereocenters. The van der Waals surface area contributed by atoms with Gasteiger partial charge in [0.25, 0.3) is 5.91 Å². The van der Waals surface area contributed by atoms with E-state index in [0.29, 0.717) is 43.2 Å². The lowest BCUT2D eigenvalue weighted by Gasteiger charge is -2.36. The fraction of sp³-hybridized carbons (Fsp3) is 0.222. The quantitative estimate of drug-likeness (QED) is 0.449. The van der Waals surface area contributed by atoms with Crippen LogP contribution in [0.2, 0.25) is 0 Å². The molecule has 7 heteroatoms. The lowest BCUT2D eigenvalue weighted by molar-refractivity contribution is 0.0746. The van der Waals surface area contributed by atoms with E-state index in [1.54, 1.807) is 32.4 Å². The van der Waals surface area contributed by atoms with Crippen molar-refractivity contribution >= 4 is 22.8 Å². The van der Waals surface area contributed by atoms with Crippen LogP contribution in [-0.4, -0.2) is 61.2 Å². The molecule has 172 valence electrons. The first-order chi connectivity index (χ1) is 16.7. The molecule has 5 rings (SSSR count). The van der Waals surface area contributed by atoms with Gasteiger partial charge in [0.2, 0.25) is 0 Å². The monoisotopic (exact) mass is 454 g/mol. The fourth-order valence-electron chi connectivity index (χ4n) is 4.24. The lowest BCUT2D eigenvalue weighted by Crippen LogP contribution is -2.49. The molecule has 3 aromatic carbocycles. The maximum Gasteiger partial charge on any atom is 0.254 e. The molecule has 1 aromatic heterocycles. The maximum atomic E-state index is 13.2. The summed E-state index contributed by atoms with van der Waals surface area (Å²) in [4.78, 5) is 27.2. The van der Waals surface area contributed by atoms with E-state index in [-0.39, 0.29) is 5.91 Å². The molecular formula is C27H26N4O3. The number of methoxy groups -OCH3 is 2. The number of aromatic nitrogens is 2. The number of benzene rings is 3. The minimum atomic E-state index is -0.0373. The van der Waals surface area contributed by atoms with Gasteiger partial charge < -0.3 is 19.3 Å². The zero-order valence-corrected chi connectivity index (χ0v) is 19.3. The molecule has 0 N–H and O–H groups in total. The Hall–Kier alpha value is -4.13. The number of carbonyl (C=O) groups excluding carboxylic acids is 1. The van der Waals surface area contributed by atoms with Crippen LogP contribution < -0.4 is 14.4 Å². The number of amides is 1. The van der Waals surface area contributed by atoms with Crippen molar-refractivity contribution in [3.8, 4) is 22.8 Å². The normalized spacial score (nSPS) is 13.7. The van der Waals surface area contributed by atoms with Gasteiger partial charge in [0.05, 0.1) is 25.3 Å². The Labute approximate surface area is 198 Å². The fourth-order valence-corrected chi connectivity index (χ4v) is 4.24. The van der Waals surface area contributed by atoms with Crippen molar-refractivity contribution in [3.05, 3.63) is 78.4 Å². The van der Waals surface area contributed by atoms with Crippen molar-refractivity contribution < 1.29 is 14.3 Å². The second kappa shape index (κ2) is 9.39. The van der Waals surface area contributed by atoms with Gasteiger partial charge >= 0.3 is 0 Å². The van der Waals surface area contributed by atoms with Gasteiger partial charge in [0.15, 0.2) is 5.82 Å². The summed E-state index contributed by atoms with van der Waals surface area (Å²) in [5.74, 6) is 2.00. The molecule has 2 heterocycles. The number of para-hydroxylation sites is 2. The summed E-state index contributed by atoms with van der Waals surface area (Å²) in [6.45, 7) is 2.50. The minimum absolute atomic E-state index is 0.0373. The molecule has 0 saturated carbocycles. The van der Waals surface area contributed by atoms with Crippen LogP contribution in [-0.2, 0) is 0 Å². The molecule has 4 aromatic rings. The number of nitrogens with zero attached hydrogens (tertiary/aromatic N) is 4. The van der Waals surface area contributed by atoms with Crippen molar-refractivity contribution in [2.24, 2.45) is 0 Å². The summed E-state index contributed by atoms with van der Waals surface area (Å²) in [7, 11) is 3.16. The summed E-state index contributed by atoms with van der Waals surface area (Å²) < 4.78 is 10.7. The highest BCUT2D eigenvalue weighted by Crippen LogP contribution is 2.31. The second-order valence-electron chi connectivity index (χ2n) is 8.13. The summed E-state index contributed by atoms with van der Waals surface area (Å²) in [6, 6.07) is 23.3. The Morgan fingerprint density at radius 2 is 1.35 bits per heavy atom. The summed E-state index contributed by atoms with van der Waals surface area (Å²) in [6.07, 6.45) is 0. The van der Waals surface area contributed by atoms with Crippen molar-refractivity contribution in [2.45, 2.75) is 0 Å². The number of anilines is 1. The zero-order chi connectivity index (χ0) is 23.5. The van der Waals surface area contributed by atoms with Crippen molar-refractivity contribution in [2.75, 3.05) is 45.3 Å². The average molecular weight is 455 g/mol. The van der Waals surface area contributed by atoms with Crippen molar-refractivity contribution in [1.29, 1.82) is 0 Å². The number of hydrogen-bond donors (Lipinski definition) is 0. The molecule has 0 aliphatic carbocycles. The number of ether oxygens (including phenoxy) is 2. The molecule has 0 atom stereocenters. The van der Waals surface area contributed by atoms with Gasteiger partial charge in [-0.1, -0.05) is 42.5 Å². The molecule has 34 heavy (non-hydrogen) atoms. The predicted molar refractivity (Wildman–Crippen MR) is 133 cm³/mol. The molecule has 1 amide bonds. The maximum absolute atomic E-state index is 13.2. The molecule has 7 nitrogen and oxygen atoms in total. The van der Waals surface area contributed by atoms with Crippen molar-refractivity contribution in [1.82, 2.24) is 14.9 Å². The van der Waals surface area contributed by atoms with Gasteiger partial charge in [-0.15, -0.1) is 0 Å².